The summed E-state index contributed by atoms with van der Waals surface area (Å²) in [5.41, 5.74) is 3.97. The number of H-pyrrole nitrogens is 1. The van der Waals surface area contributed by atoms with Gasteiger partial charge in [-0.1, -0.05) is 29.3 Å². The summed E-state index contributed by atoms with van der Waals surface area (Å²) in [6.07, 6.45) is 1.65. The number of aromatic amines is 1. The zero-order valence-corrected chi connectivity index (χ0v) is 17.1. The molecule has 4 rings (SSSR count). The van der Waals surface area contributed by atoms with Crippen LogP contribution in [0.4, 0.5) is 5.69 Å². The maximum absolute atomic E-state index is 12.6. The summed E-state index contributed by atoms with van der Waals surface area (Å²) >= 11 is 11.9. The highest BCUT2D eigenvalue weighted by Crippen LogP contribution is 2.26. The highest BCUT2D eigenvalue weighted by molar-refractivity contribution is 6.42. The number of aromatic nitrogens is 2. The number of benzene rings is 2. The van der Waals surface area contributed by atoms with E-state index >= 15 is 0 Å². The molecular weight excluding hydrogens is 395 g/mol. The van der Waals surface area contributed by atoms with Crippen molar-refractivity contribution in [2.75, 3.05) is 18.4 Å². The van der Waals surface area contributed by atoms with E-state index in [9.17, 15) is 4.79 Å². The molecule has 146 valence electrons. The van der Waals surface area contributed by atoms with Crippen molar-refractivity contribution in [2.45, 2.75) is 26.3 Å². The molecule has 1 aliphatic rings. The van der Waals surface area contributed by atoms with Crippen LogP contribution in [-0.2, 0) is 11.3 Å². The van der Waals surface area contributed by atoms with Gasteiger partial charge in [-0.2, -0.15) is 0 Å². The first-order valence-corrected chi connectivity index (χ1v) is 10.2. The van der Waals surface area contributed by atoms with Crippen LogP contribution in [0.2, 0.25) is 10.0 Å². The van der Waals surface area contributed by atoms with Gasteiger partial charge in [-0.05, 0) is 68.8 Å². The number of carbonyl (C=O) groups is 1. The fourth-order valence-electron chi connectivity index (χ4n) is 3.63. The van der Waals surface area contributed by atoms with E-state index in [4.69, 9.17) is 23.2 Å². The minimum absolute atomic E-state index is 0.00373. The maximum Gasteiger partial charge on any atom is 0.227 e. The van der Waals surface area contributed by atoms with Crippen molar-refractivity contribution in [2.24, 2.45) is 5.92 Å². The van der Waals surface area contributed by atoms with Gasteiger partial charge in [-0.25, -0.2) is 4.98 Å². The molecule has 7 heteroatoms. The number of halogens is 2. The quantitative estimate of drug-likeness (QED) is 0.626. The van der Waals surface area contributed by atoms with Gasteiger partial charge < -0.3 is 10.3 Å². The minimum atomic E-state index is 0.00373. The number of likely N-dealkylation sites (tertiary alicyclic amines) is 1. The van der Waals surface area contributed by atoms with Crippen LogP contribution in [0.5, 0.6) is 0 Å². The highest BCUT2D eigenvalue weighted by Gasteiger charge is 2.25. The monoisotopic (exact) mass is 416 g/mol. The second kappa shape index (κ2) is 8.11. The molecule has 0 radical (unpaired) electrons. The van der Waals surface area contributed by atoms with E-state index in [2.05, 4.69) is 39.2 Å². The van der Waals surface area contributed by atoms with E-state index in [0.717, 1.165) is 49.3 Å². The van der Waals surface area contributed by atoms with Crippen molar-refractivity contribution in [3.05, 3.63) is 57.8 Å². The molecule has 1 saturated heterocycles. The van der Waals surface area contributed by atoms with Gasteiger partial charge in [-0.15, -0.1) is 0 Å². The molecule has 1 amide bonds. The summed E-state index contributed by atoms with van der Waals surface area (Å²) in [6.45, 7) is 4.59. The molecule has 0 saturated carbocycles. The van der Waals surface area contributed by atoms with Crippen LogP contribution in [0.3, 0.4) is 0 Å². The third-order valence-corrected chi connectivity index (χ3v) is 5.94. The van der Waals surface area contributed by atoms with E-state index in [1.54, 1.807) is 18.2 Å². The fourth-order valence-corrected chi connectivity index (χ4v) is 3.93. The lowest BCUT2D eigenvalue weighted by Crippen LogP contribution is -2.38. The molecule has 5 nitrogen and oxygen atoms in total. The summed E-state index contributed by atoms with van der Waals surface area (Å²) < 4.78 is 0. The Hall–Kier alpha value is -2.08. The number of aryl methyl sites for hydroxylation is 1. The van der Waals surface area contributed by atoms with Crippen molar-refractivity contribution < 1.29 is 4.79 Å². The Morgan fingerprint density at radius 2 is 1.96 bits per heavy atom. The van der Waals surface area contributed by atoms with E-state index in [-0.39, 0.29) is 11.8 Å². The first-order chi connectivity index (χ1) is 13.5. The predicted molar refractivity (Wildman–Crippen MR) is 114 cm³/mol. The molecule has 2 aromatic carbocycles. The van der Waals surface area contributed by atoms with Gasteiger partial charge in [-0.3, -0.25) is 9.69 Å². The lowest BCUT2D eigenvalue weighted by molar-refractivity contribution is -0.121. The molecule has 0 aliphatic carbocycles. The Labute approximate surface area is 174 Å². The van der Waals surface area contributed by atoms with Gasteiger partial charge in [0.25, 0.3) is 0 Å². The number of amides is 1. The number of carbonyl (C=O) groups excluding carboxylic acids is 1. The third kappa shape index (κ3) is 4.32. The van der Waals surface area contributed by atoms with Crippen molar-refractivity contribution >= 4 is 45.8 Å². The molecule has 0 spiro atoms. The number of piperidine rings is 1. The van der Waals surface area contributed by atoms with Crippen molar-refractivity contribution in [3.8, 4) is 0 Å². The molecular formula is C21H22Cl2N4O. The number of anilines is 1. The predicted octanol–water partition coefficient (Wildman–Crippen LogP) is 5.03. The molecule has 2 N–H and O–H groups in total. The molecule has 0 atom stereocenters. The van der Waals surface area contributed by atoms with Gasteiger partial charge in [0.15, 0.2) is 0 Å². The fraction of sp³-hybridized carbons (Fsp3) is 0.333. The molecule has 3 aromatic rings. The lowest BCUT2D eigenvalue weighted by Gasteiger charge is -2.30. The zero-order chi connectivity index (χ0) is 19.7. The van der Waals surface area contributed by atoms with Crippen molar-refractivity contribution in [3.63, 3.8) is 0 Å². The van der Waals surface area contributed by atoms with Crippen LogP contribution in [0.1, 0.15) is 24.2 Å². The second-order valence-corrected chi connectivity index (χ2v) is 8.19. The lowest BCUT2D eigenvalue weighted by atomic mass is 9.96. The standard InChI is InChI=1S/C21H22Cl2N4O/c1-13-2-5-18-19(10-13)26-20(25-18)12-27-8-6-14(7-9-27)21(28)24-15-3-4-16(22)17(23)11-15/h2-5,10-11,14H,6-9,12H2,1H3,(H,24,28)(H,25,26). The first kappa shape index (κ1) is 19.2. The Kier molecular flexibility index (Phi) is 5.58. The van der Waals surface area contributed by atoms with Crippen LogP contribution in [-0.4, -0.2) is 33.9 Å². The smallest absolute Gasteiger partial charge is 0.227 e. The average molecular weight is 417 g/mol. The van der Waals surface area contributed by atoms with Crippen molar-refractivity contribution in [1.29, 1.82) is 0 Å². The average Bonchev–Trinajstić information content (AvgIpc) is 3.06. The Morgan fingerprint density at radius 1 is 1.18 bits per heavy atom. The second-order valence-electron chi connectivity index (χ2n) is 7.37. The van der Waals surface area contributed by atoms with Crippen LogP contribution in [0.15, 0.2) is 36.4 Å². The summed E-state index contributed by atoms with van der Waals surface area (Å²) in [5.74, 6) is 1.01. The maximum atomic E-state index is 12.6. The van der Waals surface area contributed by atoms with Crippen LogP contribution in [0.25, 0.3) is 11.0 Å². The number of nitrogens with one attached hydrogen (secondary N) is 2. The van der Waals surface area contributed by atoms with Gasteiger partial charge in [0.2, 0.25) is 5.91 Å². The molecule has 0 bridgehead atoms. The van der Waals surface area contributed by atoms with E-state index < -0.39 is 0 Å². The Morgan fingerprint density at radius 3 is 2.71 bits per heavy atom. The summed E-state index contributed by atoms with van der Waals surface area (Å²) in [4.78, 5) is 23.0. The van der Waals surface area contributed by atoms with E-state index in [1.165, 1.54) is 5.56 Å². The molecule has 0 unspecified atom stereocenters. The van der Waals surface area contributed by atoms with Crippen molar-refractivity contribution in [1.82, 2.24) is 14.9 Å². The zero-order valence-electron chi connectivity index (χ0n) is 15.6. The van der Waals surface area contributed by atoms with Gasteiger partial charge >= 0.3 is 0 Å². The first-order valence-electron chi connectivity index (χ1n) is 9.41. The van der Waals surface area contributed by atoms with Crippen LogP contribution < -0.4 is 5.32 Å². The highest BCUT2D eigenvalue weighted by atomic mass is 35.5. The normalized spacial score (nSPS) is 15.8. The topological polar surface area (TPSA) is 61.0 Å². The SMILES string of the molecule is Cc1ccc2nc(CN3CCC(C(=O)Nc4ccc(Cl)c(Cl)c4)CC3)[nH]c2c1. The van der Waals surface area contributed by atoms with Crippen LogP contribution >= 0.6 is 23.2 Å². The minimum Gasteiger partial charge on any atom is -0.341 e. The Balaban J connectivity index is 1.32. The molecule has 1 fully saturated rings. The molecule has 28 heavy (non-hydrogen) atoms. The summed E-state index contributed by atoms with van der Waals surface area (Å²) in [7, 11) is 0. The number of fused-ring (bicyclic) bond motifs is 1. The summed E-state index contributed by atoms with van der Waals surface area (Å²) in [5, 5.41) is 3.87. The third-order valence-electron chi connectivity index (χ3n) is 5.21. The summed E-state index contributed by atoms with van der Waals surface area (Å²) in [6, 6.07) is 11.4. The number of imidazole rings is 1. The molecule has 1 aliphatic heterocycles. The largest absolute Gasteiger partial charge is 0.341 e. The Bertz CT molecular complexity index is 1010. The number of rotatable bonds is 4. The number of hydrogen-bond acceptors (Lipinski definition) is 3. The number of hydrogen-bond donors (Lipinski definition) is 2. The van der Waals surface area contributed by atoms with Crippen LogP contribution in [0, 0.1) is 12.8 Å². The number of nitrogens with zero attached hydrogens (tertiary/aromatic N) is 2. The molecule has 2 heterocycles. The van der Waals surface area contributed by atoms with E-state index in [0.29, 0.717) is 15.7 Å². The van der Waals surface area contributed by atoms with Gasteiger partial charge in [0, 0.05) is 11.6 Å². The van der Waals surface area contributed by atoms with Gasteiger partial charge in [0.05, 0.1) is 27.6 Å². The molecule has 1 aromatic heterocycles. The van der Waals surface area contributed by atoms with Gasteiger partial charge in [0.1, 0.15) is 5.82 Å². The van der Waals surface area contributed by atoms with E-state index in [1.807, 2.05) is 6.07 Å².